The van der Waals surface area contributed by atoms with Crippen molar-refractivity contribution in [1.82, 2.24) is 9.97 Å². The van der Waals surface area contributed by atoms with Gasteiger partial charge in [-0.05, 0) is 80.4 Å². The quantitative estimate of drug-likeness (QED) is 0.162. The van der Waals surface area contributed by atoms with Crippen LogP contribution in [-0.4, -0.2) is 18.0 Å². The van der Waals surface area contributed by atoms with Crippen LogP contribution in [0, 0.1) is 0 Å². The Balaban J connectivity index is 1.25. The zero-order chi connectivity index (χ0) is 35.4. The Labute approximate surface area is 307 Å². The Bertz CT molecular complexity index is 2730. The third-order valence-corrected chi connectivity index (χ3v) is 15.3. The maximum Gasteiger partial charge on any atom is 0.186 e. The number of hydrogen-bond acceptors (Lipinski definition) is 4. The summed E-state index contributed by atoms with van der Waals surface area (Å²) in [7, 11) is -2.98. The number of benzene rings is 6. The van der Waals surface area contributed by atoms with E-state index < -0.39 is 14.2 Å². The van der Waals surface area contributed by atoms with Crippen molar-refractivity contribution in [3.05, 3.63) is 199 Å². The summed E-state index contributed by atoms with van der Waals surface area (Å²) < 4.78 is 23.4. The first-order valence-corrected chi connectivity index (χ1v) is 19.8. The number of fused-ring (bicyclic) bond motifs is 6. The number of pyridine rings is 2. The molecule has 0 radical (unpaired) electrons. The van der Waals surface area contributed by atoms with Crippen molar-refractivity contribution in [3.8, 4) is 11.3 Å². The van der Waals surface area contributed by atoms with Gasteiger partial charge in [0.05, 0.1) is 16.8 Å². The summed E-state index contributed by atoms with van der Waals surface area (Å²) in [5.41, 5.74) is 6.28. The summed E-state index contributed by atoms with van der Waals surface area (Å²) in [6.07, 6.45) is 2.26. The maximum atomic E-state index is 16.8. The molecule has 6 aromatic carbocycles. The molecule has 1 aliphatic heterocycles. The second kappa shape index (κ2) is 12.5. The predicted molar refractivity (Wildman–Crippen MR) is 216 cm³/mol. The van der Waals surface area contributed by atoms with Gasteiger partial charge in [0.1, 0.15) is 17.0 Å². The van der Waals surface area contributed by atoms with Crippen molar-refractivity contribution in [2.45, 2.75) is 6.17 Å². The van der Waals surface area contributed by atoms with E-state index in [1.165, 1.54) is 20.7 Å². The number of aromatic nitrogens is 2. The molecular weight excluding hydrogens is 670 g/mol. The molecule has 1 atom stereocenters. The molecule has 1 aliphatic rings. The Morgan fingerprint density at radius 3 is 2.02 bits per heavy atom. The average molecular weight is 702 g/mol. The number of furan rings is 1. The van der Waals surface area contributed by atoms with Crippen molar-refractivity contribution >= 4 is 68.0 Å². The minimum atomic E-state index is -2.98. The lowest BCUT2D eigenvalue weighted by molar-refractivity contribution is 0.402. The summed E-state index contributed by atoms with van der Waals surface area (Å²) >= 11 is 0. The van der Waals surface area contributed by atoms with Crippen LogP contribution in [0.3, 0.4) is 0 Å². The van der Waals surface area contributed by atoms with Crippen LogP contribution in [0.4, 0.5) is 21.6 Å². The number of para-hydroxylation sites is 1. The molecule has 4 heterocycles. The zero-order valence-corrected chi connectivity index (χ0v) is 29.6. The smallest absolute Gasteiger partial charge is 0.186 e. The summed E-state index contributed by atoms with van der Waals surface area (Å²) in [5, 5.41) is 6.96. The van der Waals surface area contributed by atoms with E-state index in [-0.39, 0.29) is 0 Å². The molecule has 0 fully saturated rings. The lowest BCUT2D eigenvalue weighted by Gasteiger charge is -2.44. The lowest BCUT2D eigenvalue weighted by atomic mass is 9.99. The number of halogens is 1. The van der Waals surface area contributed by atoms with E-state index in [2.05, 4.69) is 107 Å². The van der Waals surface area contributed by atoms with Gasteiger partial charge in [-0.15, -0.1) is 0 Å². The highest BCUT2D eigenvalue weighted by Gasteiger charge is 2.50. The van der Waals surface area contributed by atoms with Crippen LogP contribution in [0.15, 0.2) is 193 Å². The second-order valence-electron chi connectivity index (χ2n) is 13.4. The van der Waals surface area contributed by atoms with Gasteiger partial charge >= 0.3 is 0 Å². The van der Waals surface area contributed by atoms with Crippen LogP contribution in [0.5, 0.6) is 0 Å². The fraction of sp³-hybridized carbons (Fsp3) is 0.0213. The molecule has 0 aliphatic carbocycles. The van der Waals surface area contributed by atoms with Crippen LogP contribution < -0.4 is 25.6 Å². The highest BCUT2D eigenvalue weighted by molar-refractivity contribution is 7.21. The van der Waals surface area contributed by atoms with Gasteiger partial charge in [-0.1, -0.05) is 127 Å². The van der Waals surface area contributed by atoms with Gasteiger partial charge in [-0.25, -0.2) is 9.37 Å². The lowest BCUT2D eigenvalue weighted by Crippen LogP contribution is -2.77. The predicted octanol–water partition coefficient (Wildman–Crippen LogP) is 9.26. The fourth-order valence-electron chi connectivity index (χ4n) is 8.27. The van der Waals surface area contributed by atoms with Gasteiger partial charge < -0.3 is 4.42 Å². The van der Waals surface area contributed by atoms with Gasteiger partial charge in [0.15, 0.2) is 14.2 Å². The van der Waals surface area contributed by atoms with E-state index in [0.717, 1.165) is 50.4 Å². The first-order chi connectivity index (χ1) is 26.2. The van der Waals surface area contributed by atoms with Gasteiger partial charge in [0, 0.05) is 29.0 Å². The van der Waals surface area contributed by atoms with E-state index in [1.54, 1.807) is 6.20 Å². The minimum absolute atomic E-state index is 0.559. The van der Waals surface area contributed by atoms with Crippen LogP contribution in [0.2, 0.25) is 0 Å². The molecule has 10 rings (SSSR count). The maximum absolute atomic E-state index is 16.8. The van der Waals surface area contributed by atoms with Crippen LogP contribution in [0.25, 0.3) is 33.2 Å². The molecule has 0 amide bonds. The number of rotatable bonds is 6. The van der Waals surface area contributed by atoms with Gasteiger partial charge in [0.2, 0.25) is 0 Å². The average Bonchev–Trinajstić information content (AvgIpc) is 3.63. The highest BCUT2D eigenvalue weighted by Crippen LogP contribution is 2.45. The first kappa shape index (κ1) is 31.1. The molecule has 3 aromatic heterocycles. The molecule has 252 valence electrons. The Morgan fingerprint density at radius 2 is 1.25 bits per heavy atom. The molecule has 6 heteroatoms. The molecular formula is C47H32FN3OSi. The van der Waals surface area contributed by atoms with Crippen molar-refractivity contribution in [1.29, 1.82) is 0 Å². The molecule has 0 spiro atoms. The van der Waals surface area contributed by atoms with E-state index >= 15 is 4.39 Å². The molecule has 9 aromatic rings. The molecule has 0 saturated carbocycles. The van der Waals surface area contributed by atoms with E-state index in [4.69, 9.17) is 9.40 Å². The van der Waals surface area contributed by atoms with Crippen molar-refractivity contribution < 1.29 is 8.81 Å². The second-order valence-corrected chi connectivity index (χ2v) is 17.2. The van der Waals surface area contributed by atoms with Gasteiger partial charge in [-0.2, -0.15) is 0 Å². The number of anilines is 3. The van der Waals surface area contributed by atoms with Crippen molar-refractivity contribution in [3.63, 3.8) is 0 Å². The van der Waals surface area contributed by atoms with Gasteiger partial charge in [0.25, 0.3) is 0 Å². The SMILES string of the molecule is FC(c1cccc(-c2ccccn2)c1)c1cccc(N2c3ncccc3[Si](c3ccccc3)(c3ccccc3)c3ccc4oc5ccccc5c4c32)c1. The van der Waals surface area contributed by atoms with Crippen molar-refractivity contribution in [2.24, 2.45) is 0 Å². The summed E-state index contributed by atoms with van der Waals surface area (Å²) in [6.45, 7) is 0. The number of hydrogen-bond donors (Lipinski definition) is 0. The molecule has 4 nitrogen and oxygen atoms in total. The Kier molecular flexibility index (Phi) is 7.37. The third-order valence-electron chi connectivity index (χ3n) is 10.5. The Hall–Kier alpha value is -6.63. The molecule has 0 bridgehead atoms. The molecule has 1 unspecified atom stereocenters. The number of alkyl halides is 1. The van der Waals surface area contributed by atoms with Crippen LogP contribution >= 0.6 is 0 Å². The molecule has 53 heavy (non-hydrogen) atoms. The highest BCUT2D eigenvalue weighted by atomic mass is 28.3. The van der Waals surface area contributed by atoms with E-state index in [9.17, 15) is 0 Å². The van der Waals surface area contributed by atoms with Crippen molar-refractivity contribution in [2.75, 3.05) is 4.90 Å². The van der Waals surface area contributed by atoms with Crippen LogP contribution in [0.1, 0.15) is 17.3 Å². The van der Waals surface area contributed by atoms with E-state index in [0.29, 0.717) is 11.1 Å². The largest absolute Gasteiger partial charge is 0.456 e. The number of nitrogens with zero attached hydrogens (tertiary/aromatic N) is 3. The normalized spacial score (nSPS) is 13.8. The fourth-order valence-corrected chi connectivity index (χ4v) is 13.3. The third kappa shape index (κ3) is 4.87. The van der Waals surface area contributed by atoms with E-state index in [1.807, 2.05) is 85.1 Å². The first-order valence-electron chi connectivity index (χ1n) is 17.8. The Morgan fingerprint density at radius 1 is 0.547 bits per heavy atom. The molecule has 0 saturated heterocycles. The monoisotopic (exact) mass is 701 g/mol. The van der Waals surface area contributed by atoms with Crippen LogP contribution in [-0.2, 0) is 0 Å². The summed E-state index contributed by atoms with van der Waals surface area (Å²) in [6, 6.07) is 59.9. The molecule has 0 N–H and O–H groups in total. The standard InChI is InChI=1S/C47H32FN3OSi/c48-45(33-15-11-14-32(30-33)39-23-9-10-28-49-39)34-16-12-17-35(31-34)51-46-42(27-26-41-44(46)38-22-7-8-24-40(38)52-41)53(36-18-3-1-4-19-36,37-20-5-2-6-21-37)43-25-13-29-50-47(43)51/h1-31,45H. The van der Waals surface area contributed by atoms with Gasteiger partial charge in [-0.3, -0.25) is 9.88 Å². The summed E-state index contributed by atoms with van der Waals surface area (Å²) in [5.74, 6) is 0.835. The topological polar surface area (TPSA) is 42.2 Å². The zero-order valence-electron chi connectivity index (χ0n) is 28.6. The summed E-state index contributed by atoms with van der Waals surface area (Å²) in [4.78, 5) is 11.9. The minimum Gasteiger partial charge on any atom is -0.456 e.